The molecule has 0 radical (unpaired) electrons. The van der Waals surface area contributed by atoms with E-state index in [-0.39, 0.29) is 16.0 Å². The molecule has 0 aliphatic carbocycles. The number of nitrogens with one attached hydrogen (secondary N) is 1. The fraction of sp³-hybridized carbons (Fsp3) is 0.417. The highest BCUT2D eigenvalue weighted by Gasteiger charge is 2.27. The van der Waals surface area contributed by atoms with E-state index in [0.29, 0.717) is 0 Å². The lowest BCUT2D eigenvalue weighted by molar-refractivity contribution is 0.0908. The molecule has 5 heteroatoms. The first-order valence-corrected chi connectivity index (χ1v) is 5.97. The highest BCUT2D eigenvalue weighted by Crippen LogP contribution is 2.20. The van der Waals surface area contributed by atoms with Gasteiger partial charge in [-0.3, -0.25) is 4.79 Å². The molecule has 1 atom stereocenters. The van der Waals surface area contributed by atoms with Crippen molar-refractivity contribution < 1.29 is 9.18 Å². The van der Waals surface area contributed by atoms with Gasteiger partial charge in [-0.15, -0.1) is 11.6 Å². The summed E-state index contributed by atoms with van der Waals surface area (Å²) < 4.78 is 13.6. The lowest BCUT2D eigenvalue weighted by Gasteiger charge is -2.29. The highest BCUT2D eigenvalue weighted by atomic mass is 35.5. The van der Waals surface area contributed by atoms with Crippen LogP contribution in [0.25, 0.3) is 0 Å². The summed E-state index contributed by atoms with van der Waals surface area (Å²) in [5.41, 5.74) is -0.712. The van der Waals surface area contributed by atoms with Gasteiger partial charge in [-0.2, -0.15) is 0 Å². The normalized spacial score (nSPS) is 13.3. The molecule has 0 aliphatic rings. The zero-order valence-corrected chi connectivity index (χ0v) is 11.4. The first-order chi connectivity index (χ1) is 7.75. The van der Waals surface area contributed by atoms with Crippen LogP contribution in [0, 0.1) is 5.82 Å². The van der Waals surface area contributed by atoms with E-state index in [2.05, 4.69) is 5.32 Å². The van der Waals surface area contributed by atoms with Crippen molar-refractivity contribution >= 4 is 29.1 Å². The van der Waals surface area contributed by atoms with Crippen molar-refractivity contribution in [2.24, 2.45) is 0 Å². The molecule has 1 aromatic carbocycles. The Morgan fingerprint density at radius 3 is 2.59 bits per heavy atom. The average Bonchev–Trinajstić information content (AvgIpc) is 2.21. The van der Waals surface area contributed by atoms with Gasteiger partial charge in [0, 0.05) is 0 Å². The Morgan fingerprint density at radius 2 is 2.06 bits per heavy atom. The molecular formula is C12H14Cl2FNO. The summed E-state index contributed by atoms with van der Waals surface area (Å²) in [6.07, 6.45) is 0. The van der Waals surface area contributed by atoms with Crippen LogP contribution in [0.3, 0.4) is 0 Å². The number of halogens is 3. The minimum atomic E-state index is -0.718. The highest BCUT2D eigenvalue weighted by molar-refractivity contribution is 6.31. The minimum Gasteiger partial charge on any atom is -0.346 e. The molecule has 0 fully saturated rings. The number of hydrogen-bond acceptors (Lipinski definition) is 1. The second-order valence-electron chi connectivity index (χ2n) is 4.39. The summed E-state index contributed by atoms with van der Waals surface area (Å²) in [7, 11) is 0. The SMILES string of the molecule is CC(Cl)C(C)(C)NC(=O)c1cccc(Cl)c1F. The first kappa shape index (κ1) is 14.3. The number of alkyl halides is 1. The van der Waals surface area contributed by atoms with Crippen LogP contribution in [0.15, 0.2) is 18.2 Å². The van der Waals surface area contributed by atoms with E-state index in [1.165, 1.54) is 18.2 Å². The summed E-state index contributed by atoms with van der Waals surface area (Å²) in [6, 6.07) is 4.30. The quantitative estimate of drug-likeness (QED) is 0.841. The fourth-order valence-electron chi connectivity index (χ4n) is 1.14. The summed E-state index contributed by atoms with van der Waals surface area (Å²) in [5, 5.41) is 2.31. The van der Waals surface area contributed by atoms with E-state index >= 15 is 0 Å². The van der Waals surface area contributed by atoms with Crippen LogP contribution in [0.5, 0.6) is 0 Å². The molecule has 0 heterocycles. The third-order valence-corrected chi connectivity index (χ3v) is 3.46. The molecule has 1 unspecified atom stereocenters. The topological polar surface area (TPSA) is 29.1 Å². The van der Waals surface area contributed by atoms with Crippen LogP contribution in [-0.2, 0) is 0 Å². The molecule has 1 amide bonds. The lowest BCUT2D eigenvalue weighted by Crippen LogP contribution is -2.49. The van der Waals surface area contributed by atoms with Crippen LogP contribution in [0.4, 0.5) is 4.39 Å². The molecule has 94 valence electrons. The Hall–Kier alpha value is -0.800. The van der Waals surface area contributed by atoms with Crippen LogP contribution < -0.4 is 5.32 Å². The van der Waals surface area contributed by atoms with Crippen LogP contribution in [0.1, 0.15) is 31.1 Å². The number of carbonyl (C=O) groups excluding carboxylic acids is 1. The Balaban J connectivity index is 2.95. The third kappa shape index (κ3) is 3.33. The number of amides is 1. The summed E-state index contributed by atoms with van der Waals surface area (Å²) >= 11 is 11.5. The van der Waals surface area contributed by atoms with Gasteiger partial charge in [-0.1, -0.05) is 17.7 Å². The smallest absolute Gasteiger partial charge is 0.254 e. The van der Waals surface area contributed by atoms with E-state index in [0.717, 1.165) is 0 Å². The maximum absolute atomic E-state index is 13.6. The standard InChI is InChI=1S/C12H14Cl2FNO/c1-7(13)12(2,3)16-11(17)8-5-4-6-9(14)10(8)15/h4-7H,1-3H3,(H,16,17). The second-order valence-corrected chi connectivity index (χ2v) is 5.46. The predicted octanol–water partition coefficient (Wildman–Crippen LogP) is 3.61. The molecule has 0 aliphatic heterocycles. The largest absolute Gasteiger partial charge is 0.346 e. The van der Waals surface area contributed by atoms with Gasteiger partial charge in [0.1, 0.15) is 0 Å². The van der Waals surface area contributed by atoms with Crippen LogP contribution >= 0.6 is 23.2 Å². The number of carbonyl (C=O) groups is 1. The zero-order valence-electron chi connectivity index (χ0n) is 9.85. The van der Waals surface area contributed by atoms with E-state index in [4.69, 9.17) is 23.2 Å². The number of hydrogen-bond donors (Lipinski definition) is 1. The van der Waals surface area contributed by atoms with Gasteiger partial charge in [0.15, 0.2) is 5.82 Å². The third-order valence-electron chi connectivity index (χ3n) is 2.63. The molecule has 1 aromatic rings. The van der Waals surface area contributed by atoms with Crippen molar-refractivity contribution in [3.05, 3.63) is 34.6 Å². The van der Waals surface area contributed by atoms with Crippen LogP contribution in [0.2, 0.25) is 5.02 Å². The molecule has 1 N–H and O–H groups in total. The van der Waals surface area contributed by atoms with Crippen molar-refractivity contribution in [3.63, 3.8) is 0 Å². The molecule has 0 bridgehead atoms. The monoisotopic (exact) mass is 277 g/mol. The van der Waals surface area contributed by atoms with Gasteiger partial charge in [-0.05, 0) is 32.9 Å². The van der Waals surface area contributed by atoms with E-state index in [9.17, 15) is 9.18 Å². The van der Waals surface area contributed by atoms with Gasteiger partial charge in [0.05, 0.1) is 21.5 Å². The molecule has 0 spiro atoms. The van der Waals surface area contributed by atoms with Gasteiger partial charge >= 0.3 is 0 Å². The van der Waals surface area contributed by atoms with Crippen molar-refractivity contribution in [1.29, 1.82) is 0 Å². The number of benzene rings is 1. The average molecular weight is 278 g/mol. The van der Waals surface area contributed by atoms with E-state index in [1.807, 2.05) is 0 Å². The molecule has 17 heavy (non-hydrogen) atoms. The van der Waals surface area contributed by atoms with Crippen molar-refractivity contribution in [2.45, 2.75) is 31.7 Å². The van der Waals surface area contributed by atoms with Gasteiger partial charge in [-0.25, -0.2) is 4.39 Å². The van der Waals surface area contributed by atoms with Gasteiger partial charge in [0.2, 0.25) is 0 Å². The molecule has 0 aromatic heterocycles. The van der Waals surface area contributed by atoms with Gasteiger partial charge < -0.3 is 5.32 Å². The Bertz CT molecular complexity index is 433. The minimum absolute atomic E-state index is 0.0746. The molecule has 2 nitrogen and oxygen atoms in total. The van der Waals surface area contributed by atoms with Crippen molar-refractivity contribution in [2.75, 3.05) is 0 Å². The number of rotatable bonds is 3. The maximum Gasteiger partial charge on any atom is 0.254 e. The van der Waals surface area contributed by atoms with Crippen molar-refractivity contribution in [1.82, 2.24) is 5.32 Å². The predicted molar refractivity (Wildman–Crippen MR) is 68.3 cm³/mol. The Kier molecular flexibility index (Phi) is 4.39. The molecule has 1 rings (SSSR count). The second kappa shape index (κ2) is 5.23. The lowest BCUT2D eigenvalue weighted by atomic mass is 10.0. The molecular weight excluding hydrogens is 264 g/mol. The first-order valence-electron chi connectivity index (χ1n) is 5.16. The van der Waals surface area contributed by atoms with Gasteiger partial charge in [0.25, 0.3) is 5.91 Å². The molecule has 0 saturated heterocycles. The molecule has 0 saturated carbocycles. The van der Waals surface area contributed by atoms with Crippen LogP contribution in [-0.4, -0.2) is 16.8 Å². The Labute approximate surface area is 110 Å². The summed E-state index contributed by atoms with van der Waals surface area (Å²) in [5.74, 6) is -1.24. The fourth-order valence-corrected chi connectivity index (χ4v) is 1.37. The zero-order chi connectivity index (χ0) is 13.2. The van der Waals surface area contributed by atoms with E-state index < -0.39 is 17.3 Å². The summed E-state index contributed by atoms with van der Waals surface area (Å²) in [6.45, 7) is 5.30. The van der Waals surface area contributed by atoms with E-state index in [1.54, 1.807) is 20.8 Å². The van der Waals surface area contributed by atoms with Crippen molar-refractivity contribution in [3.8, 4) is 0 Å². The Morgan fingerprint density at radius 1 is 1.47 bits per heavy atom. The summed E-state index contributed by atoms with van der Waals surface area (Å²) in [4.78, 5) is 11.9. The maximum atomic E-state index is 13.6.